The van der Waals surface area contributed by atoms with E-state index in [4.69, 9.17) is 27.9 Å². The van der Waals surface area contributed by atoms with Gasteiger partial charge in [-0.05, 0) is 54.4 Å². The Bertz CT molecular complexity index is 1340. The Balaban J connectivity index is 2.02. The summed E-state index contributed by atoms with van der Waals surface area (Å²) >= 11 is 13.4. The molecule has 4 aromatic rings. The summed E-state index contributed by atoms with van der Waals surface area (Å²) in [5.74, 6) is -0.679. The third kappa shape index (κ3) is 5.17. The van der Waals surface area contributed by atoms with Gasteiger partial charge in [-0.15, -0.1) is 0 Å². The molecule has 0 saturated carbocycles. The van der Waals surface area contributed by atoms with E-state index in [9.17, 15) is 9.59 Å². The van der Waals surface area contributed by atoms with E-state index >= 15 is 0 Å². The van der Waals surface area contributed by atoms with Gasteiger partial charge in [-0.3, -0.25) is 4.79 Å². The van der Waals surface area contributed by atoms with Gasteiger partial charge in [0.25, 0.3) is 0 Å². The number of ether oxygens (including phenoxy) is 1. The van der Waals surface area contributed by atoms with Crippen molar-refractivity contribution < 1.29 is 9.53 Å². The normalized spacial score (nSPS) is 10.8. The predicted molar refractivity (Wildman–Crippen MR) is 134 cm³/mol. The molecule has 0 fully saturated rings. The molecule has 4 rings (SSSR count). The molecule has 4 nitrogen and oxygen atoms in total. The summed E-state index contributed by atoms with van der Waals surface area (Å²) in [5, 5.41) is 1.13. The van der Waals surface area contributed by atoms with Gasteiger partial charge in [-0.25, -0.2) is 4.79 Å². The lowest BCUT2D eigenvalue weighted by molar-refractivity contribution is 0.0525. The molecule has 0 saturated heterocycles. The van der Waals surface area contributed by atoms with Crippen molar-refractivity contribution in [2.45, 2.75) is 16.7 Å². The Morgan fingerprint density at radius 1 is 0.848 bits per heavy atom. The van der Waals surface area contributed by atoms with Crippen LogP contribution in [0.2, 0.25) is 10.0 Å². The van der Waals surface area contributed by atoms with Crippen LogP contribution in [-0.4, -0.2) is 17.6 Å². The maximum atomic E-state index is 13.8. The van der Waals surface area contributed by atoms with Crippen LogP contribution in [-0.2, 0) is 4.74 Å². The molecule has 3 aromatic carbocycles. The van der Waals surface area contributed by atoms with Gasteiger partial charge in [0.15, 0.2) is 0 Å². The maximum absolute atomic E-state index is 13.8. The van der Waals surface area contributed by atoms with Crippen LogP contribution >= 0.6 is 35.0 Å². The first-order valence-corrected chi connectivity index (χ1v) is 11.8. The number of carbonyl (C=O) groups excluding carboxylic acids is 1. The number of hydrogen-bond acceptors (Lipinski definition) is 4. The molecular formula is C26H19Cl2NO3S. The minimum atomic E-state index is -0.679. The molecule has 0 aliphatic carbocycles. The number of H-pyrrole nitrogens is 1. The van der Waals surface area contributed by atoms with Crippen LogP contribution in [0, 0.1) is 0 Å². The third-order valence-corrected chi connectivity index (χ3v) is 6.47. The summed E-state index contributed by atoms with van der Waals surface area (Å²) in [6.07, 6.45) is 0. The molecular weight excluding hydrogens is 477 g/mol. The summed E-state index contributed by atoms with van der Waals surface area (Å²) in [5.41, 5.74) is 1.92. The molecule has 0 atom stereocenters. The van der Waals surface area contributed by atoms with E-state index in [0.29, 0.717) is 31.9 Å². The van der Waals surface area contributed by atoms with Crippen molar-refractivity contribution in [2.75, 3.05) is 6.61 Å². The molecule has 0 aliphatic heterocycles. The highest BCUT2D eigenvalue weighted by molar-refractivity contribution is 7.99. The number of aromatic amines is 1. The van der Waals surface area contributed by atoms with E-state index in [1.54, 1.807) is 43.3 Å². The van der Waals surface area contributed by atoms with E-state index in [0.717, 1.165) is 10.5 Å². The first-order chi connectivity index (χ1) is 16.0. The highest BCUT2D eigenvalue weighted by Gasteiger charge is 2.25. The zero-order valence-electron chi connectivity index (χ0n) is 17.6. The van der Waals surface area contributed by atoms with Gasteiger partial charge in [0, 0.05) is 14.9 Å². The Hall–Kier alpha value is -2.99. The van der Waals surface area contributed by atoms with Crippen molar-refractivity contribution in [3.05, 3.63) is 105 Å². The molecule has 1 N–H and O–H groups in total. The molecule has 0 spiro atoms. The molecule has 7 heteroatoms. The number of aromatic nitrogens is 1. The van der Waals surface area contributed by atoms with Crippen molar-refractivity contribution in [1.82, 2.24) is 4.98 Å². The van der Waals surface area contributed by atoms with Crippen molar-refractivity contribution in [2.24, 2.45) is 0 Å². The fourth-order valence-corrected chi connectivity index (χ4v) is 4.59. The maximum Gasteiger partial charge on any atom is 0.344 e. The minimum absolute atomic E-state index is 0.0460. The topological polar surface area (TPSA) is 59.2 Å². The Morgan fingerprint density at radius 3 is 1.94 bits per heavy atom. The number of carbonyl (C=O) groups is 1. The fraction of sp³-hybridized carbons (Fsp3) is 0.0769. The van der Waals surface area contributed by atoms with E-state index in [1.165, 1.54) is 11.8 Å². The Labute approximate surface area is 205 Å². The standard InChI is InChI=1S/C26H19Cl2NO3S/c1-2-32-26(31)21-22(16-8-12-18(27)13-9-16)29-23(17-10-14-19(28)15-11-17)25(24(21)30)33-20-6-4-3-5-7-20/h3-15H,2H2,1H3,(H,29,30). The van der Waals surface area contributed by atoms with Crippen molar-refractivity contribution in [1.29, 1.82) is 0 Å². The van der Waals surface area contributed by atoms with Gasteiger partial charge in [-0.1, -0.05) is 77.4 Å². The Morgan fingerprint density at radius 2 is 1.39 bits per heavy atom. The van der Waals surface area contributed by atoms with E-state index in [-0.39, 0.29) is 12.2 Å². The van der Waals surface area contributed by atoms with Crippen LogP contribution in [0.15, 0.2) is 93.4 Å². The number of rotatable bonds is 6. The molecule has 0 bridgehead atoms. The lowest BCUT2D eigenvalue weighted by Gasteiger charge is -2.16. The molecule has 166 valence electrons. The van der Waals surface area contributed by atoms with Crippen LogP contribution in [0.5, 0.6) is 0 Å². The number of hydrogen-bond donors (Lipinski definition) is 1. The number of halogens is 2. The van der Waals surface area contributed by atoms with Gasteiger partial charge >= 0.3 is 5.97 Å². The molecule has 1 aromatic heterocycles. The molecule has 0 radical (unpaired) electrons. The summed E-state index contributed by atoms with van der Waals surface area (Å²) in [7, 11) is 0. The second kappa shape index (κ2) is 10.3. The van der Waals surface area contributed by atoms with Gasteiger partial charge in [0.05, 0.1) is 22.9 Å². The third-order valence-electron chi connectivity index (χ3n) is 4.87. The molecule has 33 heavy (non-hydrogen) atoms. The van der Waals surface area contributed by atoms with Gasteiger partial charge < -0.3 is 9.72 Å². The first-order valence-electron chi connectivity index (χ1n) is 10.2. The predicted octanol–water partition coefficient (Wildman–Crippen LogP) is 7.34. The zero-order valence-corrected chi connectivity index (χ0v) is 19.9. The van der Waals surface area contributed by atoms with Crippen molar-refractivity contribution in [3.63, 3.8) is 0 Å². The average Bonchev–Trinajstić information content (AvgIpc) is 2.82. The van der Waals surface area contributed by atoms with Crippen molar-refractivity contribution >= 4 is 40.9 Å². The van der Waals surface area contributed by atoms with Crippen LogP contribution < -0.4 is 5.43 Å². The summed E-state index contributed by atoms with van der Waals surface area (Å²) in [6, 6.07) is 23.6. The highest BCUT2D eigenvalue weighted by atomic mass is 35.5. The monoisotopic (exact) mass is 495 g/mol. The summed E-state index contributed by atoms with van der Waals surface area (Å²) < 4.78 is 5.25. The molecule has 1 heterocycles. The van der Waals surface area contributed by atoms with Crippen LogP contribution in [0.25, 0.3) is 22.5 Å². The first kappa shape index (κ1) is 23.2. The number of nitrogens with one attached hydrogen (secondary N) is 1. The average molecular weight is 496 g/mol. The SMILES string of the molecule is CCOC(=O)c1c(-c2ccc(Cl)cc2)[nH]c(-c2ccc(Cl)cc2)c(Sc2ccccc2)c1=O. The second-order valence-electron chi connectivity index (χ2n) is 7.06. The number of pyridine rings is 1. The van der Waals surface area contributed by atoms with Gasteiger partial charge in [0.1, 0.15) is 5.56 Å². The zero-order chi connectivity index (χ0) is 23.4. The quantitative estimate of drug-likeness (QED) is 0.284. The summed E-state index contributed by atoms with van der Waals surface area (Å²) in [6.45, 7) is 1.86. The summed E-state index contributed by atoms with van der Waals surface area (Å²) in [4.78, 5) is 31.4. The highest BCUT2D eigenvalue weighted by Crippen LogP contribution is 2.36. The Kier molecular flexibility index (Phi) is 7.23. The van der Waals surface area contributed by atoms with Crippen LogP contribution in [0.3, 0.4) is 0 Å². The van der Waals surface area contributed by atoms with Gasteiger partial charge in [-0.2, -0.15) is 0 Å². The molecule has 0 amide bonds. The lowest BCUT2D eigenvalue weighted by Crippen LogP contribution is -2.22. The van der Waals surface area contributed by atoms with Crippen molar-refractivity contribution in [3.8, 4) is 22.5 Å². The van der Waals surface area contributed by atoms with E-state index in [1.807, 2.05) is 42.5 Å². The lowest BCUT2D eigenvalue weighted by atomic mass is 10.0. The largest absolute Gasteiger partial charge is 0.462 e. The van der Waals surface area contributed by atoms with E-state index in [2.05, 4.69) is 4.98 Å². The number of esters is 1. The minimum Gasteiger partial charge on any atom is -0.462 e. The molecule has 0 aliphatic rings. The van der Waals surface area contributed by atoms with Crippen LogP contribution in [0.1, 0.15) is 17.3 Å². The van der Waals surface area contributed by atoms with Crippen LogP contribution in [0.4, 0.5) is 0 Å². The smallest absolute Gasteiger partial charge is 0.344 e. The number of benzene rings is 3. The molecule has 0 unspecified atom stereocenters. The van der Waals surface area contributed by atoms with Gasteiger partial charge in [0.2, 0.25) is 5.43 Å². The second-order valence-corrected chi connectivity index (χ2v) is 9.01. The fourth-order valence-electron chi connectivity index (χ4n) is 3.34. The van der Waals surface area contributed by atoms with E-state index < -0.39 is 11.4 Å².